The van der Waals surface area contributed by atoms with Crippen LogP contribution in [-0.2, 0) is 11.2 Å². The Balaban J connectivity index is 1.50. The lowest BCUT2D eigenvalue weighted by Crippen LogP contribution is -2.25. The largest absolute Gasteiger partial charge is 0.322 e. The highest BCUT2D eigenvalue weighted by atomic mass is 16.1. The van der Waals surface area contributed by atoms with Gasteiger partial charge in [0.05, 0.1) is 5.69 Å². The second-order valence-corrected chi connectivity index (χ2v) is 7.86. The summed E-state index contributed by atoms with van der Waals surface area (Å²) in [5, 5.41) is 2.85. The topological polar surface area (TPSA) is 89.8 Å². The Labute approximate surface area is 201 Å². The summed E-state index contributed by atoms with van der Waals surface area (Å²) < 4.78 is 1.54. The third-order valence-electron chi connectivity index (χ3n) is 5.40. The highest BCUT2D eigenvalue weighted by Crippen LogP contribution is 2.18. The van der Waals surface area contributed by atoms with E-state index < -0.39 is 0 Å². The molecular formula is C28H21N5O2. The Hall–Kier alpha value is -4.91. The lowest BCUT2D eigenvalue weighted by Gasteiger charge is -2.13. The molecule has 7 nitrogen and oxygen atoms in total. The summed E-state index contributed by atoms with van der Waals surface area (Å²) in [6, 6.07) is 24.1. The highest BCUT2D eigenvalue weighted by molar-refractivity contribution is 6.02. The van der Waals surface area contributed by atoms with Crippen LogP contribution in [0.15, 0.2) is 108 Å². The number of aromatic nitrogens is 4. The van der Waals surface area contributed by atoms with Crippen LogP contribution < -0.4 is 10.9 Å². The summed E-state index contributed by atoms with van der Waals surface area (Å²) in [6.07, 6.45) is 8.53. The first-order valence-corrected chi connectivity index (χ1v) is 11.1. The molecule has 0 radical (unpaired) electrons. The lowest BCUT2D eigenvalue weighted by atomic mass is 10.1. The van der Waals surface area contributed by atoms with Crippen molar-refractivity contribution in [1.82, 2.24) is 19.5 Å². The number of hydrogen-bond donors (Lipinski definition) is 1. The van der Waals surface area contributed by atoms with Crippen molar-refractivity contribution in [1.29, 1.82) is 0 Å². The fourth-order valence-electron chi connectivity index (χ4n) is 3.76. The Kier molecular flexibility index (Phi) is 6.21. The van der Waals surface area contributed by atoms with Crippen molar-refractivity contribution in [3.63, 3.8) is 0 Å². The zero-order valence-electron chi connectivity index (χ0n) is 18.7. The summed E-state index contributed by atoms with van der Waals surface area (Å²) in [4.78, 5) is 39.0. The maximum atomic E-state index is 13.5. The van der Waals surface area contributed by atoms with Gasteiger partial charge in [0.15, 0.2) is 5.65 Å². The van der Waals surface area contributed by atoms with E-state index in [1.807, 2.05) is 54.6 Å². The Bertz CT molecular complexity index is 1580. The van der Waals surface area contributed by atoms with Crippen LogP contribution >= 0.6 is 0 Å². The number of amides is 1. The molecule has 0 aliphatic heterocycles. The van der Waals surface area contributed by atoms with Crippen molar-refractivity contribution >= 4 is 28.8 Å². The molecule has 3 heterocycles. The molecule has 0 unspecified atom stereocenters. The van der Waals surface area contributed by atoms with Crippen LogP contribution in [0.1, 0.15) is 16.8 Å². The number of hydrogen-bond acceptors (Lipinski definition) is 5. The van der Waals surface area contributed by atoms with Gasteiger partial charge in [-0.1, -0.05) is 36.4 Å². The fourth-order valence-corrected chi connectivity index (χ4v) is 3.76. The molecule has 3 aromatic heterocycles. The van der Waals surface area contributed by atoms with Gasteiger partial charge in [-0.3, -0.25) is 19.1 Å². The van der Waals surface area contributed by atoms with E-state index in [1.165, 1.54) is 6.08 Å². The van der Waals surface area contributed by atoms with Gasteiger partial charge in [-0.15, -0.1) is 0 Å². The molecule has 5 rings (SSSR count). The molecule has 1 amide bonds. The number of benzene rings is 2. The van der Waals surface area contributed by atoms with Gasteiger partial charge in [0.1, 0.15) is 11.2 Å². The zero-order chi connectivity index (χ0) is 24.0. The first kappa shape index (κ1) is 21.9. The van der Waals surface area contributed by atoms with Gasteiger partial charge in [0.25, 0.3) is 5.56 Å². The molecular weight excluding hydrogens is 438 g/mol. The maximum Gasteiger partial charge on any atom is 0.278 e. The smallest absolute Gasteiger partial charge is 0.278 e. The number of fused-ring (bicyclic) bond motifs is 1. The molecule has 0 aliphatic carbocycles. The minimum Gasteiger partial charge on any atom is -0.322 e. The number of rotatable bonds is 6. The van der Waals surface area contributed by atoms with Gasteiger partial charge < -0.3 is 5.32 Å². The summed E-state index contributed by atoms with van der Waals surface area (Å²) in [5.41, 5.74) is 4.26. The first-order chi connectivity index (χ1) is 17.2. The summed E-state index contributed by atoms with van der Waals surface area (Å²) >= 11 is 0. The molecule has 1 N–H and O–H groups in total. The Morgan fingerprint density at radius 1 is 0.914 bits per heavy atom. The van der Waals surface area contributed by atoms with Crippen LogP contribution in [-0.4, -0.2) is 25.4 Å². The predicted octanol–water partition coefficient (Wildman–Crippen LogP) is 4.42. The molecule has 2 aromatic carbocycles. The molecule has 0 bridgehead atoms. The first-order valence-electron chi connectivity index (χ1n) is 11.1. The number of carbonyl (C=O) groups is 1. The second-order valence-electron chi connectivity index (χ2n) is 7.86. The van der Waals surface area contributed by atoms with E-state index in [0.29, 0.717) is 34.7 Å². The summed E-state index contributed by atoms with van der Waals surface area (Å²) in [6.45, 7) is 0. The predicted molar refractivity (Wildman–Crippen MR) is 136 cm³/mol. The molecule has 170 valence electrons. The van der Waals surface area contributed by atoms with Gasteiger partial charge in [0.2, 0.25) is 5.91 Å². The highest BCUT2D eigenvalue weighted by Gasteiger charge is 2.14. The van der Waals surface area contributed by atoms with E-state index in [-0.39, 0.29) is 11.5 Å². The van der Waals surface area contributed by atoms with Crippen LogP contribution in [0.5, 0.6) is 0 Å². The molecule has 5 aromatic rings. The van der Waals surface area contributed by atoms with E-state index in [0.717, 1.165) is 11.1 Å². The monoisotopic (exact) mass is 459 g/mol. The number of nitrogens with zero attached hydrogens (tertiary/aromatic N) is 4. The van der Waals surface area contributed by atoms with Crippen LogP contribution in [0.4, 0.5) is 5.69 Å². The fraction of sp³-hybridized carbons (Fsp3) is 0.0357. The SMILES string of the molecule is O=C(/C=C/c1ccncc1)Nc1cccc(-n2c(=O)c(Cc3ccccc3)nc3cccnc32)c1. The third-order valence-corrected chi connectivity index (χ3v) is 5.40. The van der Waals surface area contributed by atoms with E-state index >= 15 is 0 Å². The molecule has 0 saturated carbocycles. The third kappa shape index (κ3) is 5.04. The molecule has 0 atom stereocenters. The summed E-state index contributed by atoms with van der Waals surface area (Å²) in [5.74, 6) is -0.284. The van der Waals surface area contributed by atoms with Gasteiger partial charge >= 0.3 is 0 Å². The standard InChI is InChI=1S/C28H21N5O2/c34-26(12-11-20-13-16-29-17-14-20)31-22-8-4-9-23(19-22)33-27-24(10-5-15-30-27)32-25(28(33)35)18-21-6-2-1-3-7-21/h1-17,19H,18H2,(H,31,34)/b12-11+. The maximum absolute atomic E-state index is 13.5. The summed E-state index contributed by atoms with van der Waals surface area (Å²) in [7, 11) is 0. The van der Waals surface area contributed by atoms with Crippen molar-refractivity contribution < 1.29 is 4.79 Å². The van der Waals surface area contributed by atoms with Crippen molar-refractivity contribution in [2.24, 2.45) is 0 Å². The van der Waals surface area contributed by atoms with E-state index in [1.54, 1.807) is 53.5 Å². The quantitative estimate of drug-likeness (QED) is 0.380. The van der Waals surface area contributed by atoms with Gasteiger partial charge in [-0.2, -0.15) is 0 Å². The van der Waals surface area contributed by atoms with Crippen LogP contribution in [0.3, 0.4) is 0 Å². The number of pyridine rings is 2. The minimum atomic E-state index is -0.284. The lowest BCUT2D eigenvalue weighted by molar-refractivity contribution is -0.111. The number of carbonyl (C=O) groups excluding carboxylic acids is 1. The zero-order valence-corrected chi connectivity index (χ0v) is 18.7. The number of nitrogens with one attached hydrogen (secondary N) is 1. The molecule has 0 fully saturated rings. The Morgan fingerprint density at radius 2 is 1.74 bits per heavy atom. The van der Waals surface area contributed by atoms with Crippen LogP contribution in [0.25, 0.3) is 22.9 Å². The molecule has 0 spiro atoms. The van der Waals surface area contributed by atoms with Gasteiger partial charge in [0, 0.05) is 36.8 Å². The molecule has 0 saturated heterocycles. The van der Waals surface area contributed by atoms with Crippen LogP contribution in [0, 0.1) is 0 Å². The van der Waals surface area contributed by atoms with E-state index in [9.17, 15) is 9.59 Å². The van der Waals surface area contributed by atoms with Gasteiger partial charge in [-0.25, -0.2) is 9.97 Å². The van der Waals surface area contributed by atoms with Crippen molar-refractivity contribution in [2.75, 3.05) is 5.32 Å². The van der Waals surface area contributed by atoms with Crippen molar-refractivity contribution in [3.8, 4) is 5.69 Å². The normalized spacial score (nSPS) is 11.1. The second kappa shape index (κ2) is 9.93. The van der Waals surface area contributed by atoms with Crippen molar-refractivity contribution in [2.45, 2.75) is 6.42 Å². The van der Waals surface area contributed by atoms with E-state index in [2.05, 4.69) is 20.3 Å². The average molecular weight is 460 g/mol. The minimum absolute atomic E-state index is 0.249. The Morgan fingerprint density at radius 3 is 2.57 bits per heavy atom. The number of anilines is 1. The molecule has 0 aliphatic rings. The van der Waals surface area contributed by atoms with Gasteiger partial charge in [-0.05, 0) is 59.7 Å². The molecule has 7 heteroatoms. The average Bonchev–Trinajstić information content (AvgIpc) is 2.89. The van der Waals surface area contributed by atoms with Crippen molar-refractivity contribution in [3.05, 3.63) is 131 Å². The van der Waals surface area contributed by atoms with E-state index in [4.69, 9.17) is 0 Å². The van der Waals surface area contributed by atoms with Crippen LogP contribution in [0.2, 0.25) is 0 Å². The molecule has 35 heavy (non-hydrogen) atoms.